The average molecular weight is 274 g/mol. The minimum atomic E-state index is -0.0321. The summed E-state index contributed by atoms with van der Waals surface area (Å²) in [6.07, 6.45) is 0.833. The number of rotatable bonds is 5. The Balaban J connectivity index is 2.42. The van der Waals surface area contributed by atoms with Crippen molar-refractivity contribution >= 4 is 12.2 Å². The molecule has 2 aromatic rings. The molecule has 0 saturated carbocycles. The van der Waals surface area contributed by atoms with Gasteiger partial charge in [-0.05, 0) is 25.0 Å². The van der Waals surface area contributed by atoms with Crippen LogP contribution in [0.4, 0.5) is 0 Å². The highest BCUT2D eigenvalue weighted by molar-refractivity contribution is 7.71. The molecule has 0 amide bonds. The Hall–Kier alpha value is -1.52. The van der Waals surface area contributed by atoms with Crippen molar-refractivity contribution in [3.8, 4) is 11.3 Å². The first-order chi connectivity index (χ1) is 9.24. The van der Waals surface area contributed by atoms with E-state index >= 15 is 0 Å². The van der Waals surface area contributed by atoms with Crippen LogP contribution in [0.3, 0.4) is 0 Å². The third-order valence-corrected chi connectivity index (χ3v) is 3.10. The molecule has 0 radical (unpaired) electrons. The van der Waals surface area contributed by atoms with E-state index in [1.165, 1.54) is 0 Å². The molecule has 0 aliphatic carbocycles. The van der Waals surface area contributed by atoms with E-state index in [9.17, 15) is 0 Å². The van der Waals surface area contributed by atoms with Crippen LogP contribution in [0, 0.1) is 4.64 Å². The van der Waals surface area contributed by atoms with Gasteiger partial charge in [0.1, 0.15) is 16.6 Å². The zero-order valence-electron chi connectivity index (χ0n) is 11.2. The first-order valence-corrected chi connectivity index (χ1v) is 6.93. The van der Waals surface area contributed by atoms with Gasteiger partial charge in [-0.25, -0.2) is 4.98 Å². The number of hydrogen-bond donors (Lipinski definition) is 1. The van der Waals surface area contributed by atoms with E-state index in [0.29, 0.717) is 11.2 Å². The molecule has 1 unspecified atom stereocenters. The summed E-state index contributed by atoms with van der Waals surface area (Å²) in [5.41, 5.74) is 2.08. The van der Waals surface area contributed by atoms with E-state index in [1.807, 2.05) is 43.3 Å². The molecule has 0 bridgehead atoms. The van der Waals surface area contributed by atoms with Crippen LogP contribution in [0.1, 0.15) is 32.2 Å². The van der Waals surface area contributed by atoms with Gasteiger partial charge >= 0.3 is 0 Å². The van der Waals surface area contributed by atoms with E-state index in [4.69, 9.17) is 17.0 Å². The second-order valence-electron chi connectivity index (χ2n) is 4.24. The zero-order valence-corrected chi connectivity index (χ0v) is 12.0. The molecule has 4 heteroatoms. The number of ether oxygens (including phenoxy) is 1. The molecule has 1 atom stereocenters. The first-order valence-electron chi connectivity index (χ1n) is 6.52. The lowest BCUT2D eigenvalue weighted by Gasteiger charge is -2.15. The Morgan fingerprint density at radius 2 is 2.00 bits per heavy atom. The number of aromatic nitrogens is 2. The Kier molecular flexibility index (Phi) is 4.82. The summed E-state index contributed by atoms with van der Waals surface area (Å²) < 4.78 is 6.27. The van der Waals surface area contributed by atoms with Crippen LogP contribution in [-0.2, 0) is 4.74 Å². The fraction of sp³-hybridized carbons (Fsp3) is 0.333. The van der Waals surface area contributed by atoms with Crippen molar-refractivity contribution < 1.29 is 4.74 Å². The van der Waals surface area contributed by atoms with Gasteiger partial charge in [-0.15, -0.1) is 0 Å². The molecular formula is C15H18N2OS. The van der Waals surface area contributed by atoms with Crippen LogP contribution in [0.25, 0.3) is 11.3 Å². The summed E-state index contributed by atoms with van der Waals surface area (Å²) in [7, 11) is 0. The van der Waals surface area contributed by atoms with Crippen molar-refractivity contribution in [2.45, 2.75) is 26.4 Å². The number of hydrogen-bond acceptors (Lipinski definition) is 3. The van der Waals surface area contributed by atoms with Gasteiger partial charge in [-0.3, -0.25) is 0 Å². The summed E-state index contributed by atoms with van der Waals surface area (Å²) in [4.78, 5) is 7.72. The zero-order chi connectivity index (χ0) is 13.7. The van der Waals surface area contributed by atoms with Crippen LogP contribution in [0.5, 0.6) is 0 Å². The molecule has 0 aliphatic rings. The highest BCUT2D eigenvalue weighted by Gasteiger charge is 2.12. The van der Waals surface area contributed by atoms with Crippen LogP contribution >= 0.6 is 12.2 Å². The molecule has 19 heavy (non-hydrogen) atoms. The van der Waals surface area contributed by atoms with Gasteiger partial charge in [0.25, 0.3) is 0 Å². The normalized spacial score (nSPS) is 12.3. The Labute approximate surface area is 118 Å². The molecule has 1 N–H and O–H groups in total. The molecule has 0 fully saturated rings. The second-order valence-corrected chi connectivity index (χ2v) is 4.65. The van der Waals surface area contributed by atoms with Gasteiger partial charge in [0, 0.05) is 12.3 Å². The van der Waals surface area contributed by atoms with E-state index in [2.05, 4.69) is 16.9 Å². The lowest BCUT2D eigenvalue weighted by atomic mass is 10.1. The predicted octanol–water partition coefficient (Wildman–Crippen LogP) is 4.29. The van der Waals surface area contributed by atoms with E-state index in [0.717, 1.165) is 23.5 Å². The average Bonchev–Trinajstić information content (AvgIpc) is 2.45. The highest BCUT2D eigenvalue weighted by atomic mass is 32.1. The fourth-order valence-corrected chi connectivity index (χ4v) is 2.21. The van der Waals surface area contributed by atoms with Gasteiger partial charge < -0.3 is 9.72 Å². The van der Waals surface area contributed by atoms with Crippen molar-refractivity contribution in [1.82, 2.24) is 9.97 Å². The van der Waals surface area contributed by atoms with Crippen molar-refractivity contribution in [2.75, 3.05) is 6.61 Å². The number of benzene rings is 1. The summed E-state index contributed by atoms with van der Waals surface area (Å²) in [5.74, 6) is 0.802. The fourth-order valence-electron chi connectivity index (χ4n) is 1.99. The second kappa shape index (κ2) is 6.59. The Bertz CT molecular complexity index is 580. The summed E-state index contributed by atoms with van der Waals surface area (Å²) in [6.45, 7) is 4.72. The summed E-state index contributed by atoms with van der Waals surface area (Å²) in [6, 6.07) is 12.0. The quantitative estimate of drug-likeness (QED) is 0.826. The predicted molar refractivity (Wildman–Crippen MR) is 79.5 cm³/mol. The molecule has 1 aromatic heterocycles. The third kappa shape index (κ3) is 3.49. The van der Waals surface area contributed by atoms with Crippen LogP contribution in [0.15, 0.2) is 36.4 Å². The molecular weight excluding hydrogens is 256 g/mol. The van der Waals surface area contributed by atoms with Crippen LogP contribution in [-0.4, -0.2) is 16.6 Å². The lowest BCUT2D eigenvalue weighted by Crippen LogP contribution is -2.08. The minimum absolute atomic E-state index is 0.0321. The maximum Gasteiger partial charge on any atom is 0.137 e. The monoisotopic (exact) mass is 274 g/mol. The largest absolute Gasteiger partial charge is 0.371 e. The van der Waals surface area contributed by atoms with Gasteiger partial charge in [0.15, 0.2) is 0 Å². The molecule has 3 nitrogen and oxygen atoms in total. The molecule has 1 heterocycles. The van der Waals surface area contributed by atoms with E-state index < -0.39 is 0 Å². The lowest BCUT2D eigenvalue weighted by molar-refractivity contribution is 0.0535. The number of aromatic amines is 1. The highest BCUT2D eigenvalue weighted by Crippen LogP contribution is 2.21. The van der Waals surface area contributed by atoms with Crippen molar-refractivity contribution in [3.63, 3.8) is 0 Å². The standard InChI is InChI=1S/C15H18N2OS/c1-3-13(18-4-2)15-16-12(10-14(19)17-15)11-8-6-5-7-9-11/h5-10,13H,3-4H2,1-2H3,(H,16,17,19). The SMILES string of the molecule is CCOC(CC)c1nc(=S)cc(-c2ccccc2)[nH]1. The molecule has 0 saturated heterocycles. The molecule has 0 spiro atoms. The maximum atomic E-state index is 5.68. The van der Waals surface area contributed by atoms with Gasteiger partial charge in [0.2, 0.25) is 0 Å². The topological polar surface area (TPSA) is 37.9 Å². The Morgan fingerprint density at radius 3 is 2.63 bits per heavy atom. The number of H-pyrrole nitrogens is 1. The maximum absolute atomic E-state index is 5.68. The van der Waals surface area contributed by atoms with E-state index in [-0.39, 0.29) is 6.10 Å². The minimum Gasteiger partial charge on any atom is -0.371 e. The van der Waals surface area contributed by atoms with Crippen LogP contribution < -0.4 is 0 Å². The van der Waals surface area contributed by atoms with Crippen molar-refractivity contribution in [2.24, 2.45) is 0 Å². The number of nitrogens with zero attached hydrogens (tertiary/aromatic N) is 1. The van der Waals surface area contributed by atoms with E-state index in [1.54, 1.807) is 0 Å². The first kappa shape index (κ1) is 13.9. The third-order valence-electron chi connectivity index (χ3n) is 2.89. The smallest absolute Gasteiger partial charge is 0.137 e. The summed E-state index contributed by atoms with van der Waals surface area (Å²) >= 11 is 5.25. The van der Waals surface area contributed by atoms with Gasteiger partial charge in [0.05, 0.1) is 0 Å². The molecule has 100 valence electrons. The molecule has 1 aromatic carbocycles. The number of nitrogens with one attached hydrogen (secondary N) is 1. The summed E-state index contributed by atoms with van der Waals surface area (Å²) in [5, 5.41) is 0. The molecule has 2 rings (SSSR count). The molecule has 0 aliphatic heterocycles. The van der Waals surface area contributed by atoms with Gasteiger partial charge in [-0.1, -0.05) is 49.5 Å². The van der Waals surface area contributed by atoms with Crippen molar-refractivity contribution in [3.05, 3.63) is 46.9 Å². The van der Waals surface area contributed by atoms with Gasteiger partial charge in [-0.2, -0.15) is 0 Å². The van der Waals surface area contributed by atoms with Crippen LogP contribution in [0.2, 0.25) is 0 Å². The Morgan fingerprint density at radius 1 is 1.26 bits per heavy atom. The van der Waals surface area contributed by atoms with Crippen molar-refractivity contribution in [1.29, 1.82) is 0 Å².